The van der Waals surface area contributed by atoms with Crippen LogP contribution in [0.15, 0.2) is 51.2 Å². The van der Waals surface area contributed by atoms with E-state index in [2.05, 4.69) is 17.1 Å². The third-order valence-corrected chi connectivity index (χ3v) is 6.49. The maximum absolute atomic E-state index is 12.9. The molecule has 0 saturated heterocycles. The topological polar surface area (TPSA) is 92.8 Å². The molecule has 6 nitrogen and oxygen atoms in total. The first-order valence-electron chi connectivity index (χ1n) is 11.6. The molecule has 1 saturated carbocycles. The fourth-order valence-corrected chi connectivity index (χ4v) is 4.57. The van der Waals surface area contributed by atoms with Gasteiger partial charge in [-0.25, -0.2) is 0 Å². The Labute approximate surface area is 188 Å². The number of Topliss-reactive ketones (excluding diaryl/α,β-unsaturated/α-hetero) is 2. The monoisotopic (exact) mass is 434 g/mol. The molecule has 0 spiro atoms. The number of benzene rings is 1. The Balaban J connectivity index is 1.52. The summed E-state index contributed by atoms with van der Waals surface area (Å²) in [6.07, 6.45) is 4.40. The van der Waals surface area contributed by atoms with Gasteiger partial charge < -0.3 is 9.63 Å². The Morgan fingerprint density at radius 3 is 2.72 bits per heavy atom. The molecule has 0 aliphatic heterocycles. The van der Waals surface area contributed by atoms with Gasteiger partial charge in [0.1, 0.15) is 11.5 Å². The van der Waals surface area contributed by atoms with Gasteiger partial charge in [0, 0.05) is 43.9 Å². The number of aryl methyl sites for hydroxylation is 1. The van der Waals surface area contributed by atoms with Crippen molar-refractivity contribution in [3.8, 4) is 0 Å². The third kappa shape index (κ3) is 4.59. The Morgan fingerprint density at radius 1 is 1.19 bits per heavy atom. The van der Waals surface area contributed by atoms with E-state index in [0.29, 0.717) is 60.4 Å². The van der Waals surface area contributed by atoms with Crippen LogP contribution in [-0.4, -0.2) is 33.6 Å². The number of carbonyl (C=O) groups excluding carboxylic acids is 2. The van der Waals surface area contributed by atoms with E-state index in [1.54, 1.807) is 0 Å². The first-order valence-corrected chi connectivity index (χ1v) is 11.6. The van der Waals surface area contributed by atoms with Crippen molar-refractivity contribution >= 4 is 17.3 Å². The number of aliphatic imine (C=N–C) groups is 1. The number of ketones is 2. The van der Waals surface area contributed by atoms with Gasteiger partial charge in [-0.05, 0) is 37.7 Å². The van der Waals surface area contributed by atoms with Gasteiger partial charge in [-0.2, -0.15) is 0 Å². The number of hydrogen-bond donors (Lipinski definition) is 1. The number of hydrogen-bond acceptors (Lipinski definition) is 6. The first-order chi connectivity index (χ1) is 15.5. The molecule has 1 fully saturated rings. The molecule has 2 unspecified atom stereocenters. The molecule has 1 aromatic carbocycles. The number of aromatic nitrogens is 1. The summed E-state index contributed by atoms with van der Waals surface area (Å²) in [4.78, 5) is 30.1. The summed E-state index contributed by atoms with van der Waals surface area (Å²) < 4.78 is 5.54. The molecule has 6 heteroatoms. The predicted octanol–water partition coefficient (Wildman–Crippen LogP) is 5.32. The van der Waals surface area contributed by atoms with E-state index in [0.717, 1.165) is 18.4 Å². The fraction of sp³-hybridized carbons (Fsp3) is 0.462. The molecule has 1 aromatic heterocycles. The van der Waals surface area contributed by atoms with E-state index >= 15 is 0 Å². The molecule has 0 bridgehead atoms. The molecule has 168 valence electrons. The molecule has 0 amide bonds. The molecular weight excluding hydrogens is 404 g/mol. The fourth-order valence-electron chi connectivity index (χ4n) is 4.57. The first kappa shape index (κ1) is 22.2. The van der Waals surface area contributed by atoms with Crippen molar-refractivity contribution in [3.63, 3.8) is 0 Å². The normalized spacial score (nSPS) is 22.7. The van der Waals surface area contributed by atoms with E-state index in [1.807, 2.05) is 37.3 Å². The number of carbonyl (C=O) groups is 2. The Morgan fingerprint density at radius 2 is 1.97 bits per heavy atom. The van der Waals surface area contributed by atoms with Gasteiger partial charge in [0.2, 0.25) is 0 Å². The van der Waals surface area contributed by atoms with E-state index < -0.39 is 0 Å². The van der Waals surface area contributed by atoms with Crippen LogP contribution in [0, 0.1) is 0 Å². The van der Waals surface area contributed by atoms with Gasteiger partial charge >= 0.3 is 0 Å². The van der Waals surface area contributed by atoms with Crippen LogP contribution >= 0.6 is 0 Å². The zero-order valence-corrected chi connectivity index (χ0v) is 18.8. The number of allylic oxidation sites excluding steroid dienone is 2. The smallest absolute Gasteiger partial charge is 0.168 e. The zero-order chi connectivity index (χ0) is 22.7. The van der Waals surface area contributed by atoms with Gasteiger partial charge in [0.25, 0.3) is 0 Å². The standard InChI is InChI=1S/C26H30N2O4/c1-3-16(2)27-19-10-7-11-21(29)25(19)22(30)13-12-20-26-23(31)14-18(15-24(26)32-28-20)17-8-5-4-6-9-17/h4-6,8-9,16,18,30H,3,7,10-15H2,1-2H3. The molecule has 32 heavy (non-hydrogen) atoms. The van der Waals surface area contributed by atoms with Crippen LogP contribution in [0.3, 0.4) is 0 Å². The summed E-state index contributed by atoms with van der Waals surface area (Å²) in [7, 11) is 0. The molecule has 2 aliphatic carbocycles. The van der Waals surface area contributed by atoms with Crippen molar-refractivity contribution in [3.05, 3.63) is 64.2 Å². The van der Waals surface area contributed by atoms with E-state index in [9.17, 15) is 14.7 Å². The SMILES string of the molecule is CCC(C)N=C1CCCC(=O)C1=C(O)CCc1noc2c1C(=O)CC(c1ccccc1)C2. The summed E-state index contributed by atoms with van der Waals surface area (Å²) in [5.41, 5.74) is 3.31. The highest BCUT2D eigenvalue weighted by molar-refractivity contribution is 6.24. The lowest BCUT2D eigenvalue weighted by Crippen LogP contribution is -2.23. The summed E-state index contributed by atoms with van der Waals surface area (Å²) in [5, 5.41) is 14.9. The minimum absolute atomic E-state index is 0.0243. The molecule has 0 radical (unpaired) electrons. The largest absolute Gasteiger partial charge is 0.511 e. The van der Waals surface area contributed by atoms with E-state index in [4.69, 9.17) is 4.52 Å². The maximum Gasteiger partial charge on any atom is 0.168 e. The minimum Gasteiger partial charge on any atom is -0.511 e. The zero-order valence-electron chi connectivity index (χ0n) is 18.8. The average Bonchev–Trinajstić information content (AvgIpc) is 3.21. The number of aliphatic hydroxyl groups is 1. The van der Waals surface area contributed by atoms with Crippen LogP contribution in [0.25, 0.3) is 0 Å². The summed E-state index contributed by atoms with van der Waals surface area (Å²) >= 11 is 0. The number of aliphatic hydroxyl groups excluding tert-OH is 1. The highest BCUT2D eigenvalue weighted by atomic mass is 16.5. The second kappa shape index (κ2) is 9.63. The second-order valence-corrected chi connectivity index (χ2v) is 8.80. The van der Waals surface area contributed by atoms with Crippen LogP contribution in [0.5, 0.6) is 0 Å². The Kier molecular flexibility index (Phi) is 6.68. The second-order valence-electron chi connectivity index (χ2n) is 8.80. The van der Waals surface area contributed by atoms with Crippen molar-refractivity contribution in [2.75, 3.05) is 0 Å². The summed E-state index contributed by atoms with van der Waals surface area (Å²) in [6.45, 7) is 4.06. The highest BCUT2D eigenvalue weighted by Crippen LogP contribution is 2.35. The Hall–Kier alpha value is -3.02. The van der Waals surface area contributed by atoms with Crippen LogP contribution in [-0.2, 0) is 17.6 Å². The van der Waals surface area contributed by atoms with Crippen LogP contribution in [0.1, 0.15) is 85.7 Å². The lowest BCUT2D eigenvalue weighted by molar-refractivity contribution is -0.115. The number of fused-ring (bicyclic) bond motifs is 1. The van der Waals surface area contributed by atoms with Crippen LogP contribution in [0.2, 0.25) is 0 Å². The van der Waals surface area contributed by atoms with Gasteiger partial charge in [-0.15, -0.1) is 0 Å². The minimum atomic E-state index is -0.0558. The van der Waals surface area contributed by atoms with Gasteiger partial charge in [-0.1, -0.05) is 42.4 Å². The molecular formula is C26H30N2O4. The van der Waals surface area contributed by atoms with Crippen molar-refractivity contribution in [1.29, 1.82) is 0 Å². The van der Waals surface area contributed by atoms with Crippen LogP contribution in [0.4, 0.5) is 0 Å². The van der Waals surface area contributed by atoms with Gasteiger partial charge in [0.15, 0.2) is 11.6 Å². The molecule has 1 N–H and O–H groups in total. The predicted molar refractivity (Wildman–Crippen MR) is 122 cm³/mol. The summed E-state index contributed by atoms with van der Waals surface area (Å²) in [6, 6.07) is 10.1. The van der Waals surface area contributed by atoms with Crippen molar-refractivity contribution in [2.45, 2.75) is 77.2 Å². The van der Waals surface area contributed by atoms with Gasteiger partial charge in [-0.3, -0.25) is 14.6 Å². The number of rotatable bonds is 6. The molecule has 2 aromatic rings. The van der Waals surface area contributed by atoms with Gasteiger partial charge in [0.05, 0.1) is 16.8 Å². The molecule has 2 atom stereocenters. The average molecular weight is 435 g/mol. The molecule has 2 aliphatic rings. The summed E-state index contributed by atoms with van der Waals surface area (Å²) in [5.74, 6) is 0.715. The molecule has 4 rings (SSSR count). The van der Waals surface area contributed by atoms with Crippen molar-refractivity contribution in [2.24, 2.45) is 4.99 Å². The maximum atomic E-state index is 12.9. The van der Waals surface area contributed by atoms with Crippen LogP contribution < -0.4 is 0 Å². The molecule has 1 heterocycles. The van der Waals surface area contributed by atoms with Crippen molar-refractivity contribution < 1.29 is 19.2 Å². The highest BCUT2D eigenvalue weighted by Gasteiger charge is 2.33. The van der Waals surface area contributed by atoms with E-state index in [1.165, 1.54) is 0 Å². The van der Waals surface area contributed by atoms with E-state index in [-0.39, 0.29) is 35.7 Å². The van der Waals surface area contributed by atoms with Crippen molar-refractivity contribution in [1.82, 2.24) is 5.16 Å². The third-order valence-electron chi connectivity index (χ3n) is 6.49. The Bertz CT molecular complexity index is 1060. The number of nitrogens with zero attached hydrogens (tertiary/aromatic N) is 2. The quantitative estimate of drug-likeness (QED) is 0.490. The lowest BCUT2D eigenvalue weighted by Gasteiger charge is -2.20. The lowest BCUT2D eigenvalue weighted by atomic mass is 9.81.